The van der Waals surface area contributed by atoms with Crippen LogP contribution in [0.5, 0.6) is 0 Å². The van der Waals surface area contributed by atoms with Gasteiger partial charge in [-0.15, -0.1) is 11.8 Å². The predicted molar refractivity (Wildman–Crippen MR) is 88.4 cm³/mol. The number of thioether (sulfide) groups is 1. The lowest BCUT2D eigenvalue weighted by molar-refractivity contribution is 0.624. The first-order chi connectivity index (χ1) is 10.1. The monoisotopic (exact) mass is 339 g/mol. The lowest BCUT2D eigenvalue weighted by atomic mass is 10.1. The van der Waals surface area contributed by atoms with Gasteiger partial charge in [0.2, 0.25) is 0 Å². The number of hydrogen-bond acceptors (Lipinski definition) is 2. The minimum absolute atomic E-state index is 0.210. The summed E-state index contributed by atoms with van der Waals surface area (Å²) in [4.78, 5) is 1.00. The van der Waals surface area contributed by atoms with Crippen molar-refractivity contribution in [1.29, 1.82) is 0 Å². The molecular formula is C16H12Cl2FNS. The van der Waals surface area contributed by atoms with E-state index in [1.165, 1.54) is 6.07 Å². The molecule has 0 radical (unpaired) electrons. The first-order valence-corrected chi connectivity index (χ1v) is 7.89. The Kier molecular flexibility index (Phi) is 5.96. The molecule has 108 valence electrons. The molecule has 0 spiro atoms. The molecule has 0 amide bonds. The van der Waals surface area contributed by atoms with Gasteiger partial charge >= 0.3 is 0 Å². The maximum absolute atomic E-state index is 13.6. The van der Waals surface area contributed by atoms with E-state index in [9.17, 15) is 4.39 Å². The molecule has 0 saturated heterocycles. The molecule has 5 heteroatoms. The highest BCUT2D eigenvalue weighted by Gasteiger charge is 2.04. The number of rotatable bonds is 3. The van der Waals surface area contributed by atoms with Crippen LogP contribution >= 0.6 is 35.0 Å². The fraction of sp³-hybridized carbons (Fsp3) is 0.125. The van der Waals surface area contributed by atoms with Crippen LogP contribution in [0.4, 0.5) is 4.39 Å². The van der Waals surface area contributed by atoms with Gasteiger partial charge in [0.05, 0.1) is 22.2 Å². The number of halogens is 3. The molecule has 0 aromatic heterocycles. The zero-order valence-electron chi connectivity index (χ0n) is 11.0. The van der Waals surface area contributed by atoms with Crippen LogP contribution in [0.15, 0.2) is 41.3 Å². The summed E-state index contributed by atoms with van der Waals surface area (Å²) >= 11 is 13.4. The van der Waals surface area contributed by atoms with E-state index >= 15 is 0 Å². The topological polar surface area (TPSA) is 26.0 Å². The summed E-state index contributed by atoms with van der Waals surface area (Å²) in [5, 5.41) is 1.05. The molecule has 0 bridgehead atoms. The zero-order chi connectivity index (χ0) is 15.2. The highest BCUT2D eigenvalue weighted by atomic mass is 35.5. The average molecular weight is 340 g/mol. The average Bonchev–Trinajstić information content (AvgIpc) is 2.48. The Labute approximate surface area is 137 Å². The number of nitrogens with two attached hydrogens (primary N) is 1. The maximum Gasteiger partial charge on any atom is 0.138 e. The fourth-order valence-corrected chi connectivity index (χ4v) is 2.88. The zero-order valence-corrected chi connectivity index (χ0v) is 13.3. The smallest absolute Gasteiger partial charge is 0.138 e. The van der Waals surface area contributed by atoms with Crippen LogP contribution < -0.4 is 5.73 Å². The molecule has 2 N–H and O–H groups in total. The van der Waals surface area contributed by atoms with Gasteiger partial charge < -0.3 is 5.73 Å². The third-order valence-electron chi connectivity index (χ3n) is 2.65. The summed E-state index contributed by atoms with van der Waals surface area (Å²) in [6, 6.07) is 10.4. The summed E-state index contributed by atoms with van der Waals surface area (Å²) in [6.45, 7) is 0.210. The van der Waals surface area contributed by atoms with Crippen LogP contribution in [0.3, 0.4) is 0 Å². The molecule has 0 atom stereocenters. The Morgan fingerprint density at radius 3 is 2.62 bits per heavy atom. The molecule has 2 aromatic rings. The highest BCUT2D eigenvalue weighted by molar-refractivity contribution is 7.98. The summed E-state index contributed by atoms with van der Waals surface area (Å²) in [6.07, 6.45) is 0. The standard InChI is InChI=1S/C16H12Cl2FNS/c17-14-5-4-13(9-15(14)18)21-10-11-3-6-16(19)12(8-11)2-1-7-20/h3-6,8-9H,7,10,20H2. The van der Waals surface area contributed by atoms with Crippen LogP contribution in [0.25, 0.3) is 0 Å². The Balaban J connectivity index is 2.11. The Morgan fingerprint density at radius 1 is 1.10 bits per heavy atom. The molecule has 0 fully saturated rings. The maximum atomic E-state index is 13.6. The van der Waals surface area contributed by atoms with Gasteiger partial charge in [0.1, 0.15) is 5.82 Å². The fourth-order valence-electron chi connectivity index (χ4n) is 1.64. The van der Waals surface area contributed by atoms with Gasteiger partial charge in [0.25, 0.3) is 0 Å². The van der Waals surface area contributed by atoms with Crippen molar-refractivity contribution in [2.45, 2.75) is 10.6 Å². The van der Waals surface area contributed by atoms with Gasteiger partial charge in [-0.05, 0) is 35.9 Å². The van der Waals surface area contributed by atoms with Gasteiger partial charge in [0.15, 0.2) is 0 Å². The van der Waals surface area contributed by atoms with Crippen molar-refractivity contribution in [1.82, 2.24) is 0 Å². The molecule has 0 aliphatic rings. The van der Waals surface area contributed by atoms with Crippen molar-refractivity contribution in [3.63, 3.8) is 0 Å². The van der Waals surface area contributed by atoms with E-state index in [1.807, 2.05) is 12.1 Å². The first kappa shape index (κ1) is 16.2. The molecule has 0 aliphatic heterocycles. The van der Waals surface area contributed by atoms with Gasteiger partial charge in [-0.1, -0.05) is 41.1 Å². The molecule has 2 aromatic carbocycles. The predicted octanol–water partition coefficient (Wildman–Crippen LogP) is 4.74. The number of benzene rings is 2. The summed E-state index contributed by atoms with van der Waals surface area (Å²) < 4.78 is 13.6. The van der Waals surface area contributed by atoms with E-state index in [4.69, 9.17) is 28.9 Å². The van der Waals surface area contributed by atoms with Crippen LogP contribution in [0.1, 0.15) is 11.1 Å². The second-order valence-corrected chi connectivity index (χ2v) is 6.05. The molecule has 1 nitrogen and oxygen atoms in total. The normalized spacial score (nSPS) is 10.1. The molecule has 0 saturated carbocycles. The van der Waals surface area contributed by atoms with Crippen LogP contribution in [-0.4, -0.2) is 6.54 Å². The summed E-state index contributed by atoms with van der Waals surface area (Å²) in [5.41, 5.74) is 6.65. The van der Waals surface area contributed by atoms with Crippen LogP contribution in [0, 0.1) is 17.7 Å². The van der Waals surface area contributed by atoms with E-state index in [-0.39, 0.29) is 12.4 Å². The van der Waals surface area contributed by atoms with E-state index in [0.717, 1.165) is 10.5 Å². The summed E-state index contributed by atoms with van der Waals surface area (Å²) in [7, 11) is 0. The minimum Gasteiger partial charge on any atom is -0.320 e. The number of hydrogen-bond donors (Lipinski definition) is 1. The van der Waals surface area contributed by atoms with Crippen molar-refractivity contribution in [3.8, 4) is 11.8 Å². The Morgan fingerprint density at radius 2 is 1.90 bits per heavy atom. The van der Waals surface area contributed by atoms with E-state index < -0.39 is 0 Å². The van der Waals surface area contributed by atoms with Crippen LogP contribution in [-0.2, 0) is 5.75 Å². The second-order valence-electron chi connectivity index (χ2n) is 4.18. The van der Waals surface area contributed by atoms with Gasteiger partial charge in [0, 0.05) is 10.6 Å². The lowest BCUT2D eigenvalue weighted by Gasteiger charge is -2.05. The van der Waals surface area contributed by atoms with Gasteiger partial charge in [-0.3, -0.25) is 0 Å². The molecule has 0 aliphatic carbocycles. The Hall–Kier alpha value is -1.18. The van der Waals surface area contributed by atoms with E-state index in [2.05, 4.69) is 11.8 Å². The largest absolute Gasteiger partial charge is 0.320 e. The van der Waals surface area contributed by atoms with Crippen molar-refractivity contribution < 1.29 is 4.39 Å². The van der Waals surface area contributed by atoms with Gasteiger partial charge in [-0.2, -0.15) is 0 Å². The molecule has 0 heterocycles. The highest BCUT2D eigenvalue weighted by Crippen LogP contribution is 2.30. The molecule has 2 rings (SSSR count). The first-order valence-electron chi connectivity index (χ1n) is 6.15. The third-order valence-corrected chi connectivity index (χ3v) is 4.46. The van der Waals surface area contributed by atoms with Crippen molar-refractivity contribution in [2.24, 2.45) is 5.73 Å². The van der Waals surface area contributed by atoms with E-state index in [0.29, 0.717) is 21.4 Å². The molecule has 0 unspecified atom stereocenters. The minimum atomic E-state index is -0.334. The quantitative estimate of drug-likeness (QED) is 0.645. The Bertz CT molecular complexity index is 707. The second kappa shape index (κ2) is 7.72. The van der Waals surface area contributed by atoms with Crippen LogP contribution in [0.2, 0.25) is 10.0 Å². The molecule has 21 heavy (non-hydrogen) atoms. The van der Waals surface area contributed by atoms with Crippen molar-refractivity contribution in [3.05, 3.63) is 63.4 Å². The van der Waals surface area contributed by atoms with Crippen molar-refractivity contribution >= 4 is 35.0 Å². The lowest BCUT2D eigenvalue weighted by Crippen LogP contribution is -1.94. The van der Waals surface area contributed by atoms with Gasteiger partial charge in [-0.25, -0.2) is 4.39 Å². The molecular weight excluding hydrogens is 328 g/mol. The third kappa shape index (κ3) is 4.66. The summed E-state index contributed by atoms with van der Waals surface area (Å²) in [5.74, 6) is 5.74. The SMILES string of the molecule is NCC#Cc1cc(CSc2ccc(Cl)c(Cl)c2)ccc1F. The van der Waals surface area contributed by atoms with E-state index in [1.54, 1.807) is 30.0 Å². The van der Waals surface area contributed by atoms with Crippen molar-refractivity contribution in [2.75, 3.05) is 6.54 Å².